The Kier molecular flexibility index (Phi) is 8.48. The minimum absolute atomic E-state index is 0.0172. The molecule has 0 radical (unpaired) electrons. The zero-order chi connectivity index (χ0) is 25.5. The van der Waals surface area contributed by atoms with Crippen molar-refractivity contribution in [3.05, 3.63) is 87.9 Å². The number of esters is 1. The minimum Gasteiger partial charge on any atom is -0.465 e. The summed E-state index contributed by atoms with van der Waals surface area (Å²) >= 11 is 1.44. The topological polar surface area (TPSA) is 75.7 Å². The number of benzene rings is 2. The fourth-order valence-electron chi connectivity index (χ4n) is 4.58. The first-order chi connectivity index (χ1) is 17.5. The molecule has 1 aromatic heterocycles. The number of hydrogen-bond acceptors (Lipinski definition) is 5. The maximum absolute atomic E-state index is 15.1. The van der Waals surface area contributed by atoms with Crippen molar-refractivity contribution in [1.29, 1.82) is 0 Å². The third kappa shape index (κ3) is 5.99. The highest BCUT2D eigenvalue weighted by atomic mass is 32.1. The van der Waals surface area contributed by atoms with Crippen LogP contribution in [0.25, 0.3) is 0 Å². The monoisotopic (exact) mass is 508 g/mol. The van der Waals surface area contributed by atoms with E-state index in [1.165, 1.54) is 47.6 Å². The molecular formula is C28H29FN2O4S. The molecule has 0 aliphatic heterocycles. The summed E-state index contributed by atoms with van der Waals surface area (Å²) in [5, 5.41) is 4.95. The average molecular weight is 509 g/mol. The van der Waals surface area contributed by atoms with Gasteiger partial charge in [-0.15, -0.1) is 11.3 Å². The summed E-state index contributed by atoms with van der Waals surface area (Å²) in [5.74, 6) is -1.86. The van der Waals surface area contributed by atoms with Gasteiger partial charge in [-0.05, 0) is 54.6 Å². The van der Waals surface area contributed by atoms with Crippen LogP contribution in [0.15, 0.2) is 66.0 Å². The minimum atomic E-state index is -1.22. The number of thiophene rings is 1. The van der Waals surface area contributed by atoms with Crippen molar-refractivity contribution in [1.82, 2.24) is 5.32 Å². The van der Waals surface area contributed by atoms with Crippen molar-refractivity contribution in [3.8, 4) is 0 Å². The second-order valence-electron chi connectivity index (χ2n) is 8.83. The van der Waals surface area contributed by atoms with Crippen LogP contribution >= 0.6 is 11.3 Å². The summed E-state index contributed by atoms with van der Waals surface area (Å²) in [6, 6.07) is 14.7. The highest BCUT2D eigenvalue weighted by molar-refractivity contribution is 7.10. The Bertz CT molecular complexity index is 1190. The van der Waals surface area contributed by atoms with E-state index in [1.807, 2.05) is 17.5 Å². The summed E-state index contributed by atoms with van der Waals surface area (Å²) in [5.41, 5.74) is 0.805. The molecule has 1 atom stereocenters. The zero-order valence-electron chi connectivity index (χ0n) is 20.1. The van der Waals surface area contributed by atoms with E-state index in [4.69, 9.17) is 4.74 Å². The van der Waals surface area contributed by atoms with Crippen molar-refractivity contribution < 1.29 is 23.5 Å². The van der Waals surface area contributed by atoms with Gasteiger partial charge in [0.15, 0.2) is 0 Å². The smallest absolute Gasteiger partial charge is 0.337 e. The SMILES string of the molecule is COC(=O)c1ccc(N(C(=O)Cc2cccs2)[C@H](C(=O)NC2CCCCC2)c2ccccc2F)cc1. The Balaban J connectivity index is 1.77. The average Bonchev–Trinajstić information content (AvgIpc) is 3.41. The van der Waals surface area contributed by atoms with Gasteiger partial charge in [-0.1, -0.05) is 43.5 Å². The number of nitrogens with one attached hydrogen (secondary N) is 1. The lowest BCUT2D eigenvalue weighted by molar-refractivity contribution is -0.127. The van der Waals surface area contributed by atoms with Crippen LogP contribution < -0.4 is 10.2 Å². The molecule has 1 aliphatic carbocycles. The molecule has 8 heteroatoms. The number of nitrogens with zero attached hydrogens (tertiary/aromatic N) is 1. The number of methoxy groups -OCH3 is 1. The zero-order valence-corrected chi connectivity index (χ0v) is 20.9. The first kappa shape index (κ1) is 25.6. The van der Waals surface area contributed by atoms with Gasteiger partial charge >= 0.3 is 5.97 Å². The number of carbonyl (C=O) groups is 3. The van der Waals surface area contributed by atoms with Gasteiger partial charge in [-0.25, -0.2) is 9.18 Å². The number of halogens is 1. The van der Waals surface area contributed by atoms with Crippen LogP contribution in [0.3, 0.4) is 0 Å². The van der Waals surface area contributed by atoms with Crippen molar-refractivity contribution >= 4 is 34.8 Å². The highest BCUT2D eigenvalue weighted by Gasteiger charge is 2.35. The van der Waals surface area contributed by atoms with E-state index >= 15 is 4.39 Å². The first-order valence-corrected chi connectivity index (χ1v) is 12.9. The van der Waals surface area contributed by atoms with Gasteiger partial charge in [0.05, 0.1) is 19.1 Å². The van der Waals surface area contributed by atoms with Gasteiger partial charge in [0.25, 0.3) is 0 Å². The van der Waals surface area contributed by atoms with Crippen molar-refractivity contribution in [2.24, 2.45) is 0 Å². The second-order valence-corrected chi connectivity index (χ2v) is 9.86. The van der Waals surface area contributed by atoms with Gasteiger partial charge < -0.3 is 10.1 Å². The van der Waals surface area contributed by atoms with E-state index in [0.29, 0.717) is 11.3 Å². The maximum Gasteiger partial charge on any atom is 0.337 e. The summed E-state index contributed by atoms with van der Waals surface area (Å²) in [4.78, 5) is 41.6. The van der Waals surface area contributed by atoms with Gasteiger partial charge in [0.1, 0.15) is 11.9 Å². The van der Waals surface area contributed by atoms with E-state index < -0.39 is 23.7 Å². The van der Waals surface area contributed by atoms with E-state index in [2.05, 4.69) is 5.32 Å². The number of rotatable bonds is 8. The third-order valence-corrected chi connectivity index (χ3v) is 7.28. The van der Waals surface area contributed by atoms with Crippen LogP contribution in [-0.2, 0) is 20.7 Å². The largest absolute Gasteiger partial charge is 0.465 e. The van der Waals surface area contributed by atoms with Crippen LogP contribution in [0.1, 0.15) is 58.9 Å². The molecular weight excluding hydrogens is 479 g/mol. The Labute approximate surface area is 214 Å². The number of hydrogen-bond donors (Lipinski definition) is 1. The Morgan fingerprint density at radius 3 is 2.39 bits per heavy atom. The summed E-state index contributed by atoms with van der Waals surface area (Å²) in [6.45, 7) is 0. The van der Waals surface area contributed by atoms with E-state index in [9.17, 15) is 14.4 Å². The molecule has 36 heavy (non-hydrogen) atoms. The van der Waals surface area contributed by atoms with Crippen LogP contribution in [0.2, 0.25) is 0 Å². The van der Waals surface area contributed by atoms with E-state index in [0.717, 1.165) is 37.0 Å². The van der Waals surface area contributed by atoms with Crippen LogP contribution in [0.4, 0.5) is 10.1 Å². The van der Waals surface area contributed by atoms with Crippen molar-refractivity contribution in [2.45, 2.75) is 50.6 Å². The highest BCUT2D eigenvalue weighted by Crippen LogP contribution is 2.32. The molecule has 1 fully saturated rings. The summed E-state index contributed by atoms with van der Waals surface area (Å²) < 4.78 is 19.9. The van der Waals surface area contributed by atoms with E-state index in [-0.39, 0.29) is 23.9 Å². The lowest BCUT2D eigenvalue weighted by Gasteiger charge is -2.33. The quantitative estimate of drug-likeness (QED) is 0.411. The number of ether oxygens (including phenoxy) is 1. The lowest BCUT2D eigenvalue weighted by atomic mass is 9.94. The Hall–Kier alpha value is -3.52. The van der Waals surface area contributed by atoms with Crippen molar-refractivity contribution in [2.75, 3.05) is 12.0 Å². The number of amides is 2. The van der Waals surface area contributed by atoms with Gasteiger partial charge in [-0.2, -0.15) is 0 Å². The molecule has 1 aliphatic rings. The molecule has 0 spiro atoms. The normalized spacial score (nSPS) is 14.6. The van der Waals surface area contributed by atoms with Crippen LogP contribution in [0, 0.1) is 5.82 Å². The molecule has 4 rings (SSSR count). The first-order valence-electron chi connectivity index (χ1n) is 12.1. The molecule has 6 nitrogen and oxygen atoms in total. The fourth-order valence-corrected chi connectivity index (χ4v) is 5.28. The molecule has 1 saturated carbocycles. The summed E-state index contributed by atoms with van der Waals surface area (Å²) in [6.07, 6.45) is 4.93. The maximum atomic E-state index is 15.1. The molecule has 0 saturated heterocycles. The molecule has 188 valence electrons. The summed E-state index contributed by atoms with van der Waals surface area (Å²) in [7, 11) is 1.29. The predicted molar refractivity (Wildman–Crippen MR) is 137 cm³/mol. The number of anilines is 1. The van der Waals surface area contributed by atoms with Gasteiger partial charge in [0.2, 0.25) is 11.8 Å². The van der Waals surface area contributed by atoms with Crippen LogP contribution in [0.5, 0.6) is 0 Å². The molecule has 0 bridgehead atoms. The standard InChI is InChI=1S/C28H29FN2O4S/c1-35-28(34)19-13-15-21(16-14-19)31(25(32)18-22-10-7-17-36-22)26(23-11-5-6-12-24(23)29)27(33)30-20-8-3-2-4-9-20/h5-7,10-17,20,26H,2-4,8-9,18H2,1H3,(H,30,33)/t26-/m0/s1. The molecule has 0 unspecified atom stereocenters. The van der Waals surface area contributed by atoms with Crippen molar-refractivity contribution in [3.63, 3.8) is 0 Å². The molecule has 3 aromatic rings. The molecule has 2 aromatic carbocycles. The lowest BCUT2D eigenvalue weighted by Crippen LogP contribution is -2.48. The predicted octanol–water partition coefficient (Wildman–Crippen LogP) is 5.44. The molecule has 2 amide bonds. The van der Waals surface area contributed by atoms with Crippen LogP contribution in [-0.4, -0.2) is 30.9 Å². The molecule has 1 heterocycles. The Morgan fingerprint density at radius 2 is 1.75 bits per heavy atom. The third-order valence-electron chi connectivity index (χ3n) is 6.40. The number of carbonyl (C=O) groups excluding carboxylic acids is 3. The van der Waals surface area contributed by atoms with Gasteiger partial charge in [-0.3, -0.25) is 14.5 Å². The fraction of sp³-hybridized carbons (Fsp3) is 0.321. The van der Waals surface area contributed by atoms with Gasteiger partial charge in [0, 0.05) is 22.2 Å². The Morgan fingerprint density at radius 1 is 1.03 bits per heavy atom. The van der Waals surface area contributed by atoms with E-state index in [1.54, 1.807) is 24.3 Å². The molecule has 1 N–H and O–H groups in total. The second kappa shape index (κ2) is 11.9.